The Kier molecular flexibility index (Phi) is 9.10. The fourth-order valence-corrected chi connectivity index (χ4v) is 23.9. The Balaban J connectivity index is 1.58. The Morgan fingerprint density at radius 1 is 0.826 bits per heavy atom. The van der Waals surface area contributed by atoms with Gasteiger partial charge in [0.2, 0.25) is 0 Å². The number of halogens is 8. The van der Waals surface area contributed by atoms with Crippen molar-refractivity contribution in [2.45, 2.75) is 61.9 Å². The molecule has 4 aromatic carbocycles. The Bertz CT molecular complexity index is 1830. The molecule has 1 unspecified atom stereocenters. The second-order valence-corrected chi connectivity index (χ2v) is 28.4. The second kappa shape index (κ2) is 12.4. The van der Waals surface area contributed by atoms with Crippen LogP contribution in [0.15, 0.2) is 78.4 Å². The van der Waals surface area contributed by atoms with Gasteiger partial charge in [-0.1, -0.05) is 0 Å². The van der Waals surface area contributed by atoms with Crippen LogP contribution in [0.3, 0.4) is 0 Å². The van der Waals surface area contributed by atoms with Gasteiger partial charge in [-0.05, 0) is 0 Å². The molecular weight excluding hydrogens is 737 g/mol. The molecule has 0 amide bonds. The fraction of sp³-hybridized carbons (Fsp3) is 0.278. The van der Waals surface area contributed by atoms with Crippen LogP contribution in [-0.4, -0.2) is 9.52 Å². The molecule has 1 aliphatic carbocycles. The summed E-state index contributed by atoms with van der Waals surface area (Å²) in [6.45, 7) is 5.85. The molecule has 1 atom stereocenters. The molecule has 0 fully saturated rings. The molecule has 0 spiro atoms. The number of allylic oxidation sites excluding steroid dienone is 1. The summed E-state index contributed by atoms with van der Waals surface area (Å²) in [5.41, 5.74) is 3.10. The van der Waals surface area contributed by atoms with E-state index < -0.39 is 50.9 Å². The van der Waals surface area contributed by atoms with Gasteiger partial charge >= 0.3 is 281 Å². The molecule has 10 heteroatoms. The van der Waals surface area contributed by atoms with Gasteiger partial charge in [0.05, 0.1) is 0 Å². The van der Waals surface area contributed by atoms with Gasteiger partial charge < -0.3 is 0 Å². The zero-order valence-corrected chi connectivity index (χ0v) is 30.9. The quantitative estimate of drug-likeness (QED) is 0.114. The molecule has 240 valence electrons. The van der Waals surface area contributed by atoms with E-state index in [9.17, 15) is 26.3 Å². The molecule has 6 rings (SSSR count). The van der Waals surface area contributed by atoms with Crippen LogP contribution in [0.5, 0.6) is 0 Å². The molecule has 46 heavy (non-hydrogen) atoms. The Hall–Kier alpha value is -2.12. The predicted molar refractivity (Wildman–Crippen MR) is 177 cm³/mol. The fourth-order valence-electron chi connectivity index (χ4n) is 7.08. The van der Waals surface area contributed by atoms with Crippen LogP contribution in [0, 0.1) is 0 Å². The summed E-state index contributed by atoms with van der Waals surface area (Å²) < 4.78 is 84.7. The first-order valence-corrected chi connectivity index (χ1v) is 25.8. The maximum atomic E-state index is 14.0. The monoisotopic (exact) mass is 766 g/mol. The first-order chi connectivity index (χ1) is 21.6. The molecule has 0 nitrogen and oxygen atoms in total. The van der Waals surface area contributed by atoms with Crippen LogP contribution in [0.2, 0.25) is 0 Å². The van der Waals surface area contributed by atoms with Gasteiger partial charge in [-0.25, -0.2) is 0 Å². The predicted octanol–water partition coefficient (Wildman–Crippen LogP) is 10.0. The third kappa shape index (κ3) is 6.01. The molecule has 0 radical (unpaired) electrons. The van der Waals surface area contributed by atoms with E-state index in [2.05, 4.69) is 31.2 Å². The van der Waals surface area contributed by atoms with Crippen molar-refractivity contribution in [2.75, 3.05) is 0 Å². The standard InChI is InChI=1S/C24H23F6.C12H9Si.2ClH.Zr/c1-4-5-6-15-9-16-7-8-20(14(2)3)22(21(16)10-15)17-11-18(23(25,26)27)13-19(12-17)24(28,29)30;1-3-7-11-9(5-1)10-6-2-4-8-12(10)13-11;;;/h7-14H,4-6H2,1-3H3;1-7H,13H2;2*1H;/q;;;;+2/p-2. The summed E-state index contributed by atoms with van der Waals surface area (Å²) >= 11 is -4.41. The molecule has 2 aliphatic rings. The molecule has 4 aromatic rings. The van der Waals surface area contributed by atoms with Crippen molar-refractivity contribution >= 4 is 46.3 Å². The molecule has 1 aliphatic heterocycles. The van der Waals surface area contributed by atoms with Crippen LogP contribution < -0.4 is 13.6 Å². The van der Waals surface area contributed by atoms with E-state index in [4.69, 9.17) is 17.0 Å². The summed E-state index contributed by atoms with van der Waals surface area (Å²) in [6.07, 6.45) is -5.49. The van der Waals surface area contributed by atoms with Gasteiger partial charge in [-0.3, -0.25) is 0 Å². The van der Waals surface area contributed by atoms with Crippen LogP contribution in [0.1, 0.15) is 77.4 Å². The zero-order chi connectivity index (χ0) is 33.2. The van der Waals surface area contributed by atoms with Gasteiger partial charge in [0.25, 0.3) is 0 Å². The van der Waals surface area contributed by atoms with Crippen molar-refractivity contribution in [3.8, 4) is 22.3 Å². The summed E-state index contributed by atoms with van der Waals surface area (Å²) in [5.74, 6) is -0.169. The number of unbranched alkanes of at least 4 members (excludes halogenated alkanes) is 1. The number of benzene rings is 4. The van der Waals surface area contributed by atoms with Gasteiger partial charge in [0.1, 0.15) is 0 Å². The first-order valence-electron chi connectivity index (χ1n) is 15.4. The summed E-state index contributed by atoms with van der Waals surface area (Å²) in [6, 6.07) is 20.2. The maximum absolute atomic E-state index is 14.0. The van der Waals surface area contributed by atoms with Crippen LogP contribution in [0.25, 0.3) is 28.3 Å². The summed E-state index contributed by atoms with van der Waals surface area (Å²) in [5, 5.41) is 2.59. The first kappa shape index (κ1) is 33.8. The number of alkyl halides is 6. The minimum atomic E-state index is -4.95. The van der Waals surface area contributed by atoms with E-state index in [1.807, 2.05) is 50.3 Å². The minimum absolute atomic E-state index is 0.108. The Morgan fingerprint density at radius 3 is 2.11 bits per heavy atom. The SMILES string of the molecule is CCCCC1=Cc2c(ccc(C(C)C)c2-c2cc(C(F)(F)F)cc(C(F)(F)F)c2)[CH]1[Zr]([Cl])([Cl])[c]1cccc2c1[SiH2]c1ccccc1-2. The van der Waals surface area contributed by atoms with E-state index in [1.54, 1.807) is 0 Å². The average Bonchev–Trinajstić information content (AvgIpc) is 3.57. The van der Waals surface area contributed by atoms with E-state index in [0.717, 1.165) is 39.4 Å². The van der Waals surface area contributed by atoms with Crippen LogP contribution in [0.4, 0.5) is 26.3 Å². The zero-order valence-electron chi connectivity index (χ0n) is 25.5. The molecule has 0 N–H and O–H groups in total. The third-order valence-corrected chi connectivity index (χ3v) is 23.6. The Labute approximate surface area is 279 Å². The van der Waals surface area contributed by atoms with E-state index in [1.165, 1.54) is 21.5 Å². The van der Waals surface area contributed by atoms with Crippen LogP contribution >= 0.6 is 17.0 Å². The number of hydrogen-bond acceptors (Lipinski definition) is 0. The number of fused-ring (bicyclic) bond motifs is 4. The van der Waals surface area contributed by atoms with Crippen molar-refractivity contribution in [1.29, 1.82) is 0 Å². The average molecular weight is 769 g/mol. The van der Waals surface area contributed by atoms with Gasteiger partial charge in [0, 0.05) is 0 Å². The number of rotatable bonds is 7. The topological polar surface area (TPSA) is 0 Å². The van der Waals surface area contributed by atoms with Gasteiger partial charge in [-0.2, -0.15) is 0 Å². The van der Waals surface area contributed by atoms with E-state index >= 15 is 0 Å². The molecule has 0 bridgehead atoms. The van der Waals surface area contributed by atoms with Crippen molar-refractivity contribution in [2.24, 2.45) is 0 Å². The second-order valence-electron chi connectivity index (χ2n) is 12.5. The Morgan fingerprint density at radius 2 is 1.48 bits per heavy atom. The van der Waals surface area contributed by atoms with Crippen molar-refractivity contribution < 1.29 is 44.2 Å². The third-order valence-electron chi connectivity index (χ3n) is 9.21. The van der Waals surface area contributed by atoms with Gasteiger partial charge in [-0.15, -0.1) is 0 Å². The molecule has 1 heterocycles. The number of hydrogen-bond donors (Lipinski definition) is 0. The van der Waals surface area contributed by atoms with E-state index in [0.29, 0.717) is 23.1 Å². The van der Waals surface area contributed by atoms with Crippen LogP contribution in [-0.2, 0) is 30.2 Å². The molecule has 0 aromatic heterocycles. The molecular formula is C36H32Cl2F6SiZr. The molecule has 0 saturated carbocycles. The van der Waals surface area contributed by atoms with Gasteiger partial charge in [0.15, 0.2) is 0 Å². The van der Waals surface area contributed by atoms with E-state index in [-0.39, 0.29) is 21.2 Å². The van der Waals surface area contributed by atoms with Crippen molar-refractivity contribution in [1.82, 2.24) is 0 Å². The van der Waals surface area contributed by atoms with Crippen molar-refractivity contribution in [3.63, 3.8) is 0 Å². The summed E-state index contributed by atoms with van der Waals surface area (Å²) in [4.78, 5) is 0. The molecule has 0 saturated heterocycles. The summed E-state index contributed by atoms with van der Waals surface area (Å²) in [7, 11) is 14.6. The normalized spacial score (nSPS) is 16.5. The van der Waals surface area contributed by atoms with Crippen molar-refractivity contribution in [3.05, 3.63) is 106 Å².